The summed E-state index contributed by atoms with van der Waals surface area (Å²) in [4.78, 5) is 13.7. The third-order valence-corrected chi connectivity index (χ3v) is 6.50. The molecule has 0 N–H and O–H groups in total. The maximum absolute atomic E-state index is 12.8. The van der Waals surface area contributed by atoms with Crippen LogP contribution in [-0.4, -0.2) is 70.5 Å². The summed E-state index contributed by atoms with van der Waals surface area (Å²) in [5.74, 6) is 0.00161. The first-order valence-corrected chi connectivity index (χ1v) is 9.84. The molecule has 2 aromatic carbocycles. The molecule has 0 aliphatic heterocycles. The topological polar surface area (TPSA) is 76.1 Å². The van der Waals surface area contributed by atoms with Crippen LogP contribution >= 0.6 is 12.2 Å². The van der Waals surface area contributed by atoms with Gasteiger partial charge in [-0.3, -0.25) is 4.79 Å². The highest BCUT2D eigenvalue weighted by molar-refractivity contribution is 7.89. The number of carbonyl (C=O) groups is 1. The quantitative estimate of drug-likeness (QED) is 0.532. The second-order valence-corrected chi connectivity index (χ2v) is 8.53. The predicted octanol–water partition coefficient (Wildman–Crippen LogP) is 1.88. The number of ether oxygens (including phenoxy) is 2. The molecule has 0 aromatic heterocycles. The number of likely N-dealkylation sites (N-methyl/N-ethyl adjacent to an activating group) is 1. The summed E-state index contributed by atoms with van der Waals surface area (Å²) < 4.78 is 36.8. The molecular formula is C18H22N2O5S2. The van der Waals surface area contributed by atoms with Gasteiger partial charge in [-0.25, -0.2) is 12.7 Å². The van der Waals surface area contributed by atoms with Gasteiger partial charge in [0.15, 0.2) is 0 Å². The van der Waals surface area contributed by atoms with Gasteiger partial charge in [0.25, 0.3) is 0 Å². The van der Waals surface area contributed by atoms with Crippen molar-refractivity contribution in [3.8, 4) is 5.75 Å². The van der Waals surface area contributed by atoms with Gasteiger partial charge >= 0.3 is 5.97 Å². The molecule has 0 aliphatic rings. The highest BCUT2D eigenvalue weighted by atomic mass is 32.2. The van der Waals surface area contributed by atoms with Crippen molar-refractivity contribution in [2.45, 2.75) is 4.90 Å². The lowest BCUT2D eigenvalue weighted by atomic mass is 10.0. The zero-order valence-electron chi connectivity index (χ0n) is 15.8. The first-order valence-electron chi connectivity index (χ1n) is 7.99. The molecule has 0 bridgehead atoms. The molecule has 0 aliphatic carbocycles. The molecule has 0 spiro atoms. The Morgan fingerprint density at radius 2 is 1.78 bits per heavy atom. The largest absolute Gasteiger partial charge is 0.496 e. The number of sulfonamides is 1. The van der Waals surface area contributed by atoms with E-state index in [-0.39, 0.29) is 11.4 Å². The lowest BCUT2D eigenvalue weighted by Gasteiger charge is -2.22. The number of hydrogen-bond donors (Lipinski definition) is 0. The molecule has 27 heavy (non-hydrogen) atoms. The molecule has 0 atom stereocenters. The van der Waals surface area contributed by atoms with Crippen molar-refractivity contribution in [1.82, 2.24) is 9.21 Å². The fourth-order valence-corrected chi connectivity index (χ4v) is 4.00. The van der Waals surface area contributed by atoms with Crippen molar-refractivity contribution in [3.05, 3.63) is 35.9 Å². The molecule has 9 heteroatoms. The second kappa shape index (κ2) is 8.20. The van der Waals surface area contributed by atoms with Crippen LogP contribution in [0.25, 0.3) is 10.8 Å². The van der Waals surface area contributed by atoms with E-state index in [1.807, 2.05) is 0 Å². The van der Waals surface area contributed by atoms with Crippen LogP contribution in [0.2, 0.25) is 0 Å². The van der Waals surface area contributed by atoms with Crippen molar-refractivity contribution in [3.63, 3.8) is 0 Å². The first kappa shape index (κ1) is 21.1. The highest BCUT2D eigenvalue weighted by Crippen LogP contribution is 2.35. The average Bonchev–Trinajstić information content (AvgIpc) is 2.65. The minimum Gasteiger partial charge on any atom is -0.496 e. The molecule has 0 fully saturated rings. The number of esters is 1. The van der Waals surface area contributed by atoms with Gasteiger partial charge in [-0.05, 0) is 23.6 Å². The van der Waals surface area contributed by atoms with Crippen molar-refractivity contribution in [2.75, 3.05) is 41.9 Å². The molecule has 146 valence electrons. The minimum absolute atomic E-state index is 0.0153. The van der Waals surface area contributed by atoms with Gasteiger partial charge in [0.1, 0.15) is 17.3 Å². The molecule has 0 unspecified atom stereocenters. The summed E-state index contributed by atoms with van der Waals surface area (Å²) in [6, 6.07) is 8.39. The van der Waals surface area contributed by atoms with Crippen LogP contribution in [0.4, 0.5) is 0 Å². The van der Waals surface area contributed by atoms with Crippen LogP contribution < -0.4 is 4.74 Å². The SMILES string of the molecule is COC(=O)CN(C)C(=S)c1ccc(OC)c2c(S(=O)(=O)N(C)C)cccc12. The maximum atomic E-state index is 12.8. The fraction of sp³-hybridized carbons (Fsp3) is 0.333. The molecule has 0 amide bonds. The Morgan fingerprint density at radius 1 is 1.11 bits per heavy atom. The summed E-state index contributed by atoms with van der Waals surface area (Å²) in [6.07, 6.45) is 0. The van der Waals surface area contributed by atoms with E-state index in [1.165, 1.54) is 34.4 Å². The third-order valence-electron chi connectivity index (χ3n) is 4.11. The molecule has 0 saturated heterocycles. The number of thiocarbonyl (C=S) groups is 1. The Bertz CT molecular complexity index is 987. The van der Waals surface area contributed by atoms with Crippen LogP contribution in [-0.2, 0) is 19.6 Å². The molecule has 0 heterocycles. The van der Waals surface area contributed by atoms with Crippen LogP contribution in [0.5, 0.6) is 5.75 Å². The number of benzene rings is 2. The lowest BCUT2D eigenvalue weighted by molar-refractivity contribution is -0.140. The maximum Gasteiger partial charge on any atom is 0.325 e. The van der Waals surface area contributed by atoms with Gasteiger partial charge in [-0.2, -0.15) is 0 Å². The van der Waals surface area contributed by atoms with Gasteiger partial charge in [0.05, 0.1) is 19.1 Å². The summed E-state index contributed by atoms with van der Waals surface area (Å²) in [5, 5.41) is 1.07. The van der Waals surface area contributed by atoms with Gasteiger partial charge in [-0.15, -0.1) is 0 Å². The van der Waals surface area contributed by atoms with Gasteiger partial charge in [-0.1, -0.05) is 24.4 Å². The normalized spacial score (nSPS) is 11.5. The minimum atomic E-state index is -3.70. The number of nitrogens with zero attached hydrogens (tertiary/aromatic N) is 2. The number of methoxy groups -OCH3 is 2. The van der Waals surface area contributed by atoms with E-state index in [9.17, 15) is 13.2 Å². The van der Waals surface area contributed by atoms with Crippen LogP contribution in [0, 0.1) is 0 Å². The third kappa shape index (κ3) is 4.05. The summed E-state index contributed by atoms with van der Waals surface area (Å²) in [6.45, 7) is -0.0153. The van der Waals surface area contributed by atoms with Crippen molar-refractivity contribution in [1.29, 1.82) is 0 Å². The zero-order chi connectivity index (χ0) is 20.4. The Balaban J connectivity index is 2.72. The summed E-state index contributed by atoms with van der Waals surface area (Å²) >= 11 is 5.52. The van der Waals surface area contributed by atoms with Crippen LogP contribution in [0.1, 0.15) is 5.56 Å². The number of carbonyl (C=O) groups excluding carboxylic acids is 1. The van der Waals surface area contributed by atoms with Crippen molar-refractivity contribution < 1.29 is 22.7 Å². The molecule has 2 rings (SSSR count). The monoisotopic (exact) mass is 410 g/mol. The van der Waals surface area contributed by atoms with Crippen LogP contribution in [0.15, 0.2) is 35.2 Å². The molecule has 0 saturated carbocycles. The predicted molar refractivity (Wildman–Crippen MR) is 108 cm³/mol. The molecule has 2 aromatic rings. The fourth-order valence-electron chi connectivity index (χ4n) is 2.65. The molecule has 0 radical (unpaired) electrons. The Morgan fingerprint density at radius 3 is 2.33 bits per heavy atom. The van der Waals surface area contributed by atoms with E-state index >= 15 is 0 Å². The smallest absolute Gasteiger partial charge is 0.325 e. The van der Waals surface area contributed by atoms with Gasteiger partial charge in [0.2, 0.25) is 10.0 Å². The Kier molecular flexibility index (Phi) is 6.40. The molecule has 7 nitrogen and oxygen atoms in total. The van der Waals surface area contributed by atoms with Crippen molar-refractivity contribution in [2.24, 2.45) is 0 Å². The van der Waals surface area contributed by atoms with E-state index in [0.717, 1.165) is 4.31 Å². The highest BCUT2D eigenvalue weighted by Gasteiger charge is 2.24. The summed E-state index contributed by atoms with van der Waals surface area (Å²) in [5.41, 5.74) is 0.628. The van der Waals surface area contributed by atoms with Crippen LogP contribution in [0.3, 0.4) is 0 Å². The second-order valence-electron chi connectivity index (χ2n) is 6.02. The number of rotatable bonds is 6. The average molecular weight is 411 g/mol. The number of fused-ring (bicyclic) bond motifs is 1. The van der Waals surface area contributed by atoms with E-state index in [4.69, 9.17) is 17.0 Å². The van der Waals surface area contributed by atoms with E-state index in [0.29, 0.717) is 27.1 Å². The Labute approximate surface area is 164 Å². The van der Waals surface area contributed by atoms with Crippen molar-refractivity contribution >= 4 is 44.0 Å². The first-order chi connectivity index (χ1) is 12.6. The summed E-state index contributed by atoms with van der Waals surface area (Å²) in [7, 11) is 3.71. The van der Waals surface area contributed by atoms with E-state index < -0.39 is 16.0 Å². The van der Waals surface area contributed by atoms with Gasteiger partial charge in [0, 0.05) is 32.1 Å². The lowest BCUT2D eigenvalue weighted by Crippen LogP contribution is -2.32. The standard InChI is InChI=1S/C18H22N2O5S2/c1-19(2)27(22,23)15-8-6-7-12-13(9-10-14(24-4)17(12)15)18(26)20(3)11-16(21)25-5/h6-10H,11H2,1-5H3. The number of hydrogen-bond acceptors (Lipinski definition) is 6. The van der Waals surface area contributed by atoms with E-state index in [1.54, 1.807) is 36.2 Å². The zero-order valence-corrected chi connectivity index (χ0v) is 17.5. The van der Waals surface area contributed by atoms with Gasteiger partial charge < -0.3 is 14.4 Å². The Hall–Kier alpha value is -2.23. The van der Waals surface area contributed by atoms with E-state index in [2.05, 4.69) is 4.74 Å². The molecular weight excluding hydrogens is 388 g/mol.